The van der Waals surface area contributed by atoms with Crippen LogP contribution in [0.4, 0.5) is 11.5 Å². The molecular weight excluding hydrogens is 242 g/mol. The highest BCUT2D eigenvalue weighted by Gasteiger charge is 2.03. The number of nitrogens with one attached hydrogen (secondary N) is 1. The standard InChI is InChI=1S/C13H13N5O/c1-8-16-13(19-18-8)7-15-12-5-2-9-6-10(14)3-4-11(9)17-12/h2-6H,7,14H2,1H3,(H,15,17). The highest BCUT2D eigenvalue weighted by Crippen LogP contribution is 2.18. The second-order valence-corrected chi connectivity index (χ2v) is 4.24. The molecule has 0 saturated carbocycles. The van der Waals surface area contributed by atoms with Gasteiger partial charge in [0.05, 0.1) is 12.1 Å². The van der Waals surface area contributed by atoms with E-state index in [9.17, 15) is 0 Å². The molecule has 0 aliphatic heterocycles. The van der Waals surface area contributed by atoms with Crippen molar-refractivity contribution >= 4 is 22.4 Å². The summed E-state index contributed by atoms with van der Waals surface area (Å²) in [6, 6.07) is 9.49. The maximum atomic E-state index is 5.73. The van der Waals surface area contributed by atoms with Crippen LogP contribution in [-0.2, 0) is 6.54 Å². The van der Waals surface area contributed by atoms with Crippen LogP contribution in [0.2, 0.25) is 0 Å². The number of rotatable bonds is 3. The maximum absolute atomic E-state index is 5.73. The van der Waals surface area contributed by atoms with Gasteiger partial charge in [-0.05, 0) is 37.3 Å². The molecule has 3 N–H and O–H groups in total. The highest BCUT2D eigenvalue weighted by molar-refractivity contribution is 5.83. The third-order valence-corrected chi connectivity index (χ3v) is 2.70. The lowest BCUT2D eigenvalue weighted by atomic mass is 10.2. The number of anilines is 2. The predicted octanol–water partition coefficient (Wildman–Crippen LogP) is 2.12. The second kappa shape index (κ2) is 4.56. The molecule has 0 bridgehead atoms. The van der Waals surface area contributed by atoms with Gasteiger partial charge in [-0.25, -0.2) is 4.98 Å². The molecule has 3 aromatic rings. The molecule has 3 rings (SSSR count). The highest BCUT2D eigenvalue weighted by atomic mass is 16.5. The number of nitrogen functional groups attached to an aromatic ring is 1. The van der Waals surface area contributed by atoms with Gasteiger partial charge < -0.3 is 15.6 Å². The molecule has 6 heteroatoms. The molecule has 0 aliphatic carbocycles. The molecule has 0 radical (unpaired) electrons. The minimum atomic E-state index is 0.453. The quantitative estimate of drug-likeness (QED) is 0.697. The molecule has 0 spiro atoms. The van der Waals surface area contributed by atoms with Crippen LogP contribution >= 0.6 is 0 Å². The monoisotopic (exact) mass is 255 g/mol. The van der Waals surface area contributed by atoms with Crippen molar-refractivity contribution in [2.24, 2.45) is 0 Å². The van der Waals surface area contributed by atoms with Crippen molar-refractivity contribution in [3.05, 3.63) is 42.0 Å². The summed E-state index contributed by atoms with van der Waals surface area (Å²) in [5, 5.41) is 7.88. The number of nitrogens with zero attached hydrogens (tertiary/aromatic N) is 3. The summed E-state index contributed by atoms with van der Waals surface area (Å²) in [7, 11) is 0. The Morgan fingerprint density at radius 2 is 2.11 bits per heavy atom. The Balaban J connectivity index is 1.79. The van der Waals surface area contributed by atoms with Gasteiger partial charge >= 0.3 is 0 Å². The summed E-state index contributed by atoms with van der Waals surface area (Å²) >= 11 is 0. The van der Waals surface area contributed by atoms with Gasteiger partial charge in [0, 0.05) is 11.1 Å². The van der Waals surface area contributed by atoms with Crippen molar-refractivity contribution in [2.45, 2.75) is 13.5 Å². The topological polar surface area (TPSA) is 89.9 Å². The van der Waals surface area contributed by atoms with E-state index >= 15 is 0 Å². The van der Waals surface area contributed by atoms with Crippen LogP contribution < -0.4 is 11.1 Å². The summed E-state index contributed by atoms with van der Waals surface area (Å²) < 4.78 is 5.02. The summed E-state index contributed by atoms with van der Waals surface area (Å²) in [6.45, 7) is 2.24. The van der Waals surface area contributed by atoms with E-state index in [1.807, 2.05) is 30.3 Å². The molecule has 0 unspecified atom stereocenters. The Bertz CT molecular complexity index is 722. The average molecular weight is 255 g/mol. The predicted molar refractivity (Wildman–Crippen MR) is 72.5 cm³/mol. The molecule has 0 saturated heterocycles. The number of benzene rings is 1. The number of hydrogen-bond donors (Lipinski definition) is 2. The SMILES string of the molecule is Cc1noc(CNc2ccc3cc(N)ccc3n2)n1. The van der Waals surface area contributed by atoms with Crippen LogP contribution in [0.15, 0.2) is 34.9 Å². The molecule has 0 aliphatic rings. The molecule has 96 valence electrons. The van der Waals surface area contributed by atoms with E-state index in [2.05, 4.69) is 20.4 Å². The Hall–Kier alpha value is -2.63. The number of hydrogen-bond acceptors (Lipinski definition) is 6. The molecule has 2 heterocycles. The van der Waals surface area contributed by atoms with E-state index in [1.165, 1.54) is 0 Å². The number of pyridine rings is 1. The number of aryl methyl sites for hydroxylation is 1. The van der Waals surface area contributed by atoms with Gasteiger partial charge in [-0.2, -0.15) is 4.98 Å². The van der Waals surface area contributed by atoms with E-state index in [0.29, 0.717) is 18.3 Å². The lowest BCUT2D eigenvalue weighted by molar-refractivity contribution is 0.379. The van der Waals surface area contributed by atoms with Gasteiger partial charge in [0.1, 0.15) is 5.82 Å². The summed E-state index contributed by atoms with van der Waals surface area (Å²) in [6.07, 6.45) is 0. The molecule has 0 fully saturated rings. The molecule has 0 atom stereocenters. The summed E-state index contributed by atoms with van der Waals surface area (Å²) in [4.78, 5) is 8.60. The minimum Gasteiger partial charge on any atom is -0.399 e. The van der Waals surface area contributed by atoms with E-state index in [4.69, 9.17) is 10.3 Å². The smallest absolute Gasteiger partial charge is 0.245 e. The summed E-state index contributed by atoms with van der Waals surface area (Å²) in [5.41, 5.74) is 7.35. The third-order valence-electron chi connectivity index (χ3n) is 2.70. The van der Waals surface area contributed by atoms with Crippen LogP contribution in [0.3, 0.4) is 0 Å². The van der Waals surface area contributed by atoms with Crippen LogP contribution in [-0.4, -0.2) is 15.1 Å². The Morgan fingerprint density at radius 1 is 1.21 bits per heavy atom. The average Bonchev–Trinajstić information content (AvgIpc) is 2.82. The first-order valence-electron chi connectivity index (χ1n) is 5.90. The van der Waals surface area contributed by atoms with E-state index in [0.717, 1.165) is 22.4 Å². The Morgan fingerprint density at radius 3 is 2.89 bits per heavy atom. The fraction of sp³-hybridized carbons (Fsp3) is 0.154. The first kappa shape index (κ1) is 11.5. The van der Waals surface area contributed by atoms with Gasteiger partial charge in [-0.15, -0.1) is 0 Å². The molecular formula is C13H13N5O. The summed E-state index contributed by atoms with van der Waals surface area (Å²) in [5.74, 6) is 1.92. The molecule has 2 aromatic heterocycles. The second-order valence-electron chi connectivity index (χ2n) is 4.24. The minimum absolute atomic E-state index is 0.453. The zero-order valence-electron chi connectivity index (χ0n) is 10.4. The van der Waals surface area contributed by atoms with Crippen LogP contribution in [0.1, 0.15) is 11.7 Å². The molecule has 1 aromatic carbocycles. The zero-order chi connectivity index (χ0) is 13.2. The van der Waals surface area contributed by atoms with E-state index in [1.54, 1.807) is 6.92 Å². The zero-order valence-corrected chi connectivity index (χ0v) is 10.4. The van der Waals surface area contributed by atoms with Crippen molar-refractivity contribution in [1.29, 1.82) is 0 Å². The van der Waals surface area contributed by atoms with Gasteiger partial charge in [-0.3, -0.25) is 0 Å². The van der Waals surface area contributed by atoms with Gasteiger partial charge in [0.2, 0.25) is 5.89 Å². The van der Waals surface area contributed by atoms with Gasteiger partial charge in [-0.1, -0.05) is 5.16 Å². The van der Waals surface area contributed by atoms with Crippen LogP contribution in [0.25, 0.3) is 10.9 Å². The van der Waals surface area contributed by atoms with Crippen molar-refractivity contribution in [1.82, 2.24) is 15.1 Å². The molecule has 6 nitrogen and oxygen atoms in total. The molecule has 0 amide bonds. The largest absolute Gasteiger partial charge is 0.399 e. The number of aromatic nitrogens is 3. The van der Waals surface area contributed by atoms with Crippen LogP contribution in [0.5, 0.6) is 0 Å². The normalized spacial score (nSPS) is 10.8. The van der Waals surface area contributed by atoms with Crippen molar-refractivity contribution in [3.8, 4) is 0 Å². The van der Waals surface area contributed by atoms with Gasteiger partial charge in [0.15, 0.2) is 5.82 Å². The molecule has 19 heavy (non-hydrogen) atoms. The number of fused-ring (bicyclic) bond motifs is 1. The maximum Gasteiger partial charge on any atom is 0.245 e. The van der Waals surface area contributed by atoms with Gasteiger partial charge in [0.25, 0.3) is 0 Å². The fourth-order valence-corrected chi connectivity index (χ4v) is 1.82. The Kier molecular flexibility index (Phi) is 2.75. The van der Waals surface area contributed by atoms with Crippen molar-refractivity contribution in [3.63, 3.8) is 0 Å². The van der Waals surface area contributed by atoms with Crippen molar-refractivity contribution < 1.29 is 4.52 Å². The third kappa shape index (κ3) is 2.47. The van der Waals surface area contributed by atoms with E-state index < -0.39 is 0 Å². The Labute approximate surface area is 109 Å². The van der Waals surface area contributed by atoms with Crippen LogP contribution in [0, 0.1) is 6.92 Å². The first-order chi connectivity index (χ1) is 9.20. The lowest BCUT2D eigenvalue weighted by Crippen LogP contribution is -2.01. The number of nitrogens with two attached hydrogens (primary N) is 1. The van der Waals surface area contributed by atoms with E-state index in [-0.39, 0.29) is 0 Å². The van der Waals surface area contributed by atoms with Crippen molar-refractivity contribution in [2.75, 3.05) is 11.1 Å². The lowest BCUT2D eigenvalue weighted by Gasteiger charge is -2.04. The first-order valence-corrected chi connectivity index (χ1v) is 5.90. The fourth-order valence-electron chi connectivity index (χ4n) is 1.82.